The lowest BCUT2D eigenvalue weighted by molar-refractivity contribution is -0.147. The van der Waals surface area contributed by atoms with E-state index in [1.807, 2.05) is 0 Å². The Morgan fingerprint density at radius 3 is 2.43 bits per heavy atom. The molecule has 1 heterocycles. The lowest BCUT2D eigenvalue weighted by Crippen LogP contribution is -2.40. The van der Waals surface area contributed by atoms with E-state index in [9.17, 15) is 18.7 Å². The van der Waals surface area contributed by atoms with E-state index in [1.165, 1.54) is 31.6 Å². The van der Waals surface area contributed by atoms with Gasteiger partial charge in [-0.05, 0) is 42.0 Å². The Bertz CT molecular complexity index is 648. The van der Waals surface area contributed by atoms with Crippen molar-refractivity contribution in [3.05, 3.63) is 59.9 Å². The van der Waals surface area contributed by atoms with E-state index < -0.39 is 23.5 Å². The van der Waals surface area contributed by atoms with Crippen LogP contribution in [0.5, 0.6) is 5.75 Å². The third-order valence-electron chi connectivity index (χ3n) is 3.28. The fourth-order valence-electron chi connectivity index (χ4n) is 1.94. The Hall–Kier alpha value is -2.54. The second-order valence-electron chi connectivity index (χ2n) is 4.81. The molecular formula is C16H16F2N2O3. The number of aromatic nitrogens is 1. The molecule has 0 aliphatic carbocycles. The number of carbonyl (C=O) groups excluding carboxylic acids is 1. The van der Waals surface area contributed by atoms with E-state index in [4.69, 9.17) is 4.74 Å². The molecule has 1 unspecified atom stereocenters. The largest absolute Gasteiger partial charge is 0.497 e. The molecule has 0 radical (unpaired) electrons. The summed E-state index contributed by atoms with van der Waals surface area (Å²) in [7, 11) is 1.42. The van der Waals surface area contributed by atoms with Crippen molar-refractivity contribution in [2.75, 3.05) is 13.7 Å². The average Bonchev–Trinajstić information content (AvgIpc) is 2.60. The van der Waals surface area contributed by atoms with Crippen molar-refractivity contribution < 1.29 is 23.4 Å². The van der Waals surface area contributed by atoms with Gasteiger partial charge >= 0.3 is 5.92 Å². The maximum atomic E-state index is 14.1. The number of alkyl halides is 2. The zero-order valence-corrected chi connectivity index (χ0v) is 12.4. The molecule has 0 saturated heterocycles. The van der Waals surface area contributed by atoms with Crippen molar-refractivity contribution in [1.82, 2.24) is 10.3 Å². The smallest absolute Gasteiger partial charge is 0.349 e. The lowest BCUT2D eigenvalue weighted by atomic mass is 10.1. The van der Waals surface area contributed by atoms with Crippen LogP contribution in [-0.4, -0.2) is 29.7 Å². The van der Waals surface area contributed by atoms with Crippen LogP contribution in [0.3, 0.4) is 0 Å². The Morgan fingerprint density at radius 1 is 1.26 bits per heavy atom. The SMILES string of the molecule is COc1ccc(C(F)(F)C(=O)NCC(O)c2ccncc2)cc1. The summed E-state index contributed by atoms with van der Waals surface area (Å²) in [5.74, 6) is -4.77. The molecule has 1 atom stereocenters. The summed E-state index contributed by atoms with van der Waals surface area (Å²) in [6.07, 6.45) is 1.84. The third-order valence-corrected chi connectivity index (χ3v) is 3.28. The van der Waals surface area contributed by atoms with Gasteiger partial charge in [-0.1, -0.05) is 0 Å². The van der Waals surface area contributed by atoms with Crippen LogP contribution in [0.2, 0.25) is 0 Å². The molecule has 122 valence electrons. The van der Waals surface area contributed by atoms with Gasteiger partial charge in [0, 0.05) is 24.5 Å². The number of carbonyl (C=O) groups is 1. The zero-order valence-electron chi connectivity index (χ0n) is 12.4. The number of rotatable bonds is 6. The molecule has 2 N–H and O–H groups in total. The Morgan fingerprint density at radius 2 is 1.87 bits per heavy atom. The Labute approximate surface area is 131 Å². The molecule has 0 fully saturated rings. The molecule has 0 saturated carbocycles. The maximum Gasteiger partial charge on any atom is 0.349 e. The van der Waals surface area contributed by atoms with Gasteiger partial charge in [0.2, 0.25) is 0 Å². The summed E-state index contributed by atoms with van der Waals surface area (Å²) in [6.45, 7) is -0.325. The van der Waals surface area contributed by atoms with Crippen molar-refractivity contribution in [3.8, 4) is 5.75 Å². The van der Waals surface area contributed by atoms with E-state index in [-0.39, 0.29) is 6.54 Å². The number of pyridine rings is 1. The number of hydrogen-bond acceptors (Lipinski definition) is 4. The van der Waals surface area contributed by atoms with Gasteiger partial charge < -0.3 is 15.2 Å². The van der Waals surface area contributed by atoms with E-state index in [0.717, 1.165) is 12.1 Å². The van der Waals surface area contributed by atoms with Gasteiger partial charge in [0.25, 0.3) is 5.91 Å². The van der Waals surface area contributed by atoms with Crippen molar-refractivity contribution >= 4 is 5.91 Å². The second kappa shape index (κ2) is 7.15. The molecule has 1 amide bonds. The van der Waals surface area contributed by atoms with E-state index >= 15 is 0 Å². The highest BCUT2D eigenvalue weighted by atomic mass is 19.3. The molecule has 2 aromatic rings. The molecule has 0 aliphatic rings. The summed E-state index contributed by atoms with van der Waals surface area (Å²) < 4.78 is 33.1. The average molecular weight is 322 g/mol. The van der Waals surface area contributed by atoms with Gasteiger partial charge in [-0.2, -0.15) is 8.78 Å². The first kappa shape index (κ1) is 16.8. The summed E-state index contributed by atoms with van der Waals surface area (Å²) in [5, 5.41) is 11.9. The minimum Gasteiger partial charge on any atom is -0.497 e. The first-order valence-corrected chi connectivity index (χ1v) is 6.83. The number of aliphatic hydroxyl groups is 1. The van der Waals surface area contributed by atoms with Crippen molar-refractivity contribution in [3.63, 3.8) is 0 Å². The number of methoxy groups -OCH3 is 1. The molecule has 7 heteroatoms. The minimum absolute atomic E-state index is 0.325. The van der Waals surface area contributed by atoms with E-state index in [0.29, 0.717) is 11.3 Å². The van der Waals surface area contributed by atoms with Crippen LogP contribution in [0.25, 0.3) is 0 Å². The number of hydrogen-bond donors (Lipinski definition) is 2. The second-order valence-corrected chi connectivity index (χ2v) is 4.81. The Balaban J connectivity index is 2.00. The molecule has 0 spiro atoms. The molecule has 0 bridgehead atoms. The van der Waals surface area contributed by atoms with Gasteiger partial charge in [0.15, 0.2) is 0 Å². The number of benzene rings is 1. The number of nitrogens with zero attached hydrogens (tertiary/aromatic N) is 1. The normalized spacial score (nSPS) is 12.5. The minimum atomic E-state index is -3.70. The summed E-state index contributed by atoms with van der Waals surface area (Å²) >= 11 is 0. The standard InChI is InChI=1S/C16H16F2N2O3/c1-23-13-4-2-12(3-5-13)16(17,18)15(22)20-10-14(21)11-6-8-19-9-7-11/h2-9,14,21H,10H2,1H3,(H,20,22). The number of halogens is 2. The van der Waals surface area contributed by atoms with Crippen LogP contribution in [-0.2, 0) is 10.7 Å². The lowest BCUT2D eigenvalue weighted by Gasteiger charge is -2.18. The molecule has 1 aromatic heterocycles. The predicted octanol–water partition coefficient (Wildman–Crippen LogP) is 2.03. The molecule has 2 rings (SSSR count). The van der Waals surface area contributed by atoms with Crippen molar-refractivity contribution in [1.29, 1.82) is 0 Å². The summed E-state index contributed by atoms with van der Waals surface area (Å²) in [4.78, 5) is 15.5. The van der Waals surface area contributed by atoms with Crippen LogP contribution in [0.15, 0.2) is 48.8 Å². The van der Waals surface area contributed by atoms with Crippen molar-refractivity contribution in [2.45, 2.75) is 12.0 Å². The van der Waals surface area contributed by atoms with Gasteiger partial charge in [0.05, 0.1) is 13.2 Å². The third kappa shape index (κ3) is 4.01. The first-order chi connectivity index (χ1) is 10.9. The first-order valence-electron chi connectivity index (χ1n) is 6.83. The van der Waals surface area contributed by atoms with Crippen LogP contribution >= 0.6 is 0 Å². The molecular weight excluding hydrogens is 306 g/mol. The monoisotopic (exact) mass is 322 g/mol. The predicted molar refractivity (Wildman–Crippen MR) is 79.1 cm³/mol. The topological polar surface area (TPSA) is 71.5 Å². The molecule has 1 aromatic carbocycles. The fourth-order valence-corrected chi connectivity index (χ4v) is 1.94. The maximum absolute atomic E-state index is 14.1. The summed E-state index contributed by atoms with van der Waals surface area (Å²) in [5.41, 5.74) is 0.0299. The van der Waals surface area contributed by atoms with E-state index in [2.05, 4.69) is 10.3 Å². The van der Waals surface area contributed by atoms with Crippen LogP contribution < -0.4 is 10.1 Å². The number of nitrogens with one attached hydrogen (secondary N) is 1. The van der Waals surface area contributed by atoms with Crippen LogP contribution in [0.4, 0.5) is 8.78 Å². The Kier molecular flexibility index (Phi) is 5.23. The number of amides is 1. The van der Waals surface area contributed by atoms with Gasteiger partial charge in [-0.25, -0.2) is 0 Å². The molecule has 5 nitrogen and oxygen atoms in total. The number of ether oxygens (including phenoxy) is 1. The number of aliphatic hydroxyl groups excluding tert-OH is 1. The molecule has 0 aliphatic heterocycles. The van der Waals surface area contributed by atoms with Gasteiger partial charge in [-0.15, -0.1) is 0 Å². The summed E-state index contributed by atoms with van der Waals surface area (Å²) in [6, 6.07) is 8.02. The van der Waals surface area contributed by atoms with Gasteiger partial charge in [-0.3, -0.25) is 9.78 Å². The molecule has 23 heavy (non-hydrogen) atoms. The van der Waals surface area contributed by atoms with Crippen molar-refractivity contribution in [2.24, 2.45) is 0 Å². The zero-order chi connectivity index (χ0) is 16.9. The quantitative estimate of drug-likeness (QED) is 0.854. The van der Waals surface area contributed by atoms with Crippen LogP contribution in [0, 0.1) is 0 Å². The van der Waals surface area contributed by atoms with E-state index in [1.54, 1.807) is 12.1 Å². The fraction of sp³-hybridized carbons (Fsp3) is 0.250. The highest BCUT2D eigenvalue weighted by Crippen LogP contribution is 2.29. The highest BCUT2D eigenvalue weighted by molar-refractivity contribution is 5.84. The van der Waals surface area contributed by atoms with Gasteiger partial charge in [0.1, 0.15) is 5.75 Å². The van der Waals surface area contributed by atoms with Crippen LogP contribution in [0.1, 0.15) is 17.2 Å². The highest BCUT2D eigenvalue weighted by Gasteiger charge is 2.40.